The van der Waals surface area contributed by atoms with E-state index in [0.29, 0.717) is 12.1 Å². The molecule has 1 aliphatic heterocycles. The summed E-state index contributed by atoms with van der Waals surface area (Å²) >= 11 is 0. The number of piperidine rings is 1. The van der Waals surface area contributed by atoms with Crippen LogP contribution in [0.4, 0.5) is 5.69 Å². The van der Waals surface area contributed by atoms with Gasteiger partial charge in [0.2, 0.25) is 0 Å². The van der Waals surface area contributed by atoms with Crippen LogP contribution in [-0.4, -0.2) is 31.8 Å². The van der Waals surface area contributed by atoms with Crippen molar-refractivity contribution in [2.75, 3.05) is 24.6 Å². The van der Waals surface area contributed by atoms with Crippen LogP contribution < -0.4 is 15.0 Å². The first-order valence-corrected chi connectivity index (χ1v) is 7.97. The van der Waals surface area contributed by atoms with Gasteiger partial charge in [-0.15, -0.1) is 0 Å². The molecular formula is C17H28N2O. The van der Waals surface area contributed by atoms with E-state index in [1.807, 2.05) is 0 Å². The van der Waals surface area contributed by atoms with Gasteiger partial charge in [-0.1, -0.05) is 13.8 Å². The van der Waals surface area contributed by atoms with E-state index in [1.54, 1.807) is 0 Å². The summed E-state index contributed by atoms with van der Waals surface area (Å²) in [6.45, 7) is 9.64. The van der Waals surface area contributed by atoms with Gasteiger partial charge in [-0.3, -0.25) is 0 Å². The monoisotopic (exact) mass is 276 g/mol. The summed E-state index contributed by atoms with van der Waals surface area (Å²) in [5.74, 6) is 0.978. The molecule has 1 aromatic carbocycles. The molecule has 0 aliphatic carbocycles. The van der Waals surface area contributed by atoms with Gasteiger partial charge in [0.1, 0.15) is 5.75 Å². The number of benzene rings is 1. The number of anilines is 1. The van der Waals surface area contributed by atoms with Gasteiger partial charge in [-0.05, 0) is 57.0 Å². The molecule has 0 amide bonds. The Balaban J connectivity index is 1.94. The lowest BCUT2D eigenvalue weighted by Crippen LogP contribution is -2.47. The molecule has 1 saturated heterocycles. The van der Waals surface area contributed by atoms with E-state index >= 15 is 0 Å². The second-order valence-electron chi connectivity index (χ2n) is 5.66. The number of ether oxygens (including phenoxy) is 1. The van der Waals surface area contributed by atoms with Gasteiger partial charge >= 0.3 is 0 Å². The molecule has 2 rings (SSSR count). The highest BCUT2D eigenvalue weighted by atomic mass is 16.5. The molecule has 1 aromatic rings. The lowest BCUT2D eigenvalue weighted by Gasteiger charge is -2.39. The Morgan fingerprint density at radius 1 is 1.25 bits per heavy atom. The van der Waals surface area contributed by atoms with Crippen molar-refractivity contribution in [2.45, 2.75) is 52.1 Å². The molecule has 1 aliphatic rings. The second-order valence-corrected chi connectivity index (χ2v) is 5.66. The maximum Gasteiger partial charge on any atom is 0.119 e. The van der Waals surface area contributed by atoms with E-state index in [4.69, 9.17) is 4.74 Å². The molecule has 0 radical (unpaired) electrons. The number of hydrogen-bond donors (Lipinski definition) is 1. The van der Waals surface area contributed by atoms with Crippen molar-refractivity contribution in [1.82, 2.24) is 5.32 Å². The van der Waals surface area contributed by atoms with Crippen LogP contribution in [0.1, 0.15) is 40.0 Å². The molecular weight excluding hydrogens is 248 g/mol. The zero-order valence-corrected chi connectivity index (χ0v) is 13.1. The van der Waals surface area contributed by atoms with Crippen LogP contribution in [0.3, 0.4) is 0 Å². The third kappa shape index (κ3) is 3.89. The molecule has 1 fully saturated rings. The first kappa shape index (κ1) is 15.2. The third-order valence-corrected chi connectivity index (χ3v) is 4.01. The molecule has 3 heteroatoms. The van der Waals surface area contributed by atoms with E-state index in [2.05, 4.69) is 55.3 Å². The molecule has 112 valence electrons. The number of nitrogens with zero attached hydrogens (tertiary/aromatic N) is 1. The lowest BCUT2D eigenvalue weighted by molar-refractivity contribution is 0.317. The van der Waals surface area contributed by atoms with E-state index in [0.717, 1.165) is 31.9 Å². The van der Waals surface area contributed by atoms with E-state index in [-0.39, 0.29) is 0 Å². The summed E-state index contributed by atoms with van der Waals surface area (Å²) in [7, 11) is 0. The first-order valence-electron chi connectivity index (χ1n) is 7.97. The highest BCUT2D eigenvalue weighted by molar-refractivity contribution is 5.50. The fraction of sp³-hybridized carbons (Fsp3) is 0.647. The van der Waals surface area contributed by atoms with Gasteiger partial charge < -0.3 is 15.0 Å². The molecule has 20 heavy (non-hydrogen) atoms. The van der Waals surface area contributed by atoms with Crippen LogP contribution >= 0.6 is 0 Å². The molecule has 0 spiro atoms. The van der Waals surface area contributed by atoms with Crippen molar-refractivity contribution in [3.63, 3.8) is 0 Å². The van der Waals surface area contributed by atoms with Crippen LogP contribution in [0, 0.1) is 0 Å². The zero-order chi connectivity index (χ0) is 14.4. The largest absolute Gasteiger partial charge is 0.494 e. The Bertz CT molecular complexity index is 390. The number of hydrogen-bond acceptors (Lipinski definition) is 3. The number of nitrogens with one attached hydrogen (secondary N) is 1. The summed E-state index contributed by atoms with van der Waals surface area (Å²) in [5, 5.41) is 3.57. The maximum absolute atomic E-state index is 5.64. The molecule has 3 nitrogen and oxygen atoms in total. The first-order chi connectivity index (χ1) is 9.74. The zero-order valence-electron chi connectivity index (χ0n) is 13.1. The van der Waals surface area contributed by atoms with Crippen molar-refractivity contribution in [3.8, 4) is 5.75 Å². The summed E-state index contributed by atoms with van der Waals surface area (Å²) in [6, 6.07) is 9.83. The van der Waals surface area contributed by atoms with Gasteiger partial charge in [0.05, 0.1) is 6.61 Å². The Morgan fingerprint density at radius 3 is 2.60 bits per heavy atom. The Labute approximate surface area is 123 Å². The average molecular weight is 276 g/mol. The standard InChI is InChI=1S/C17H28N2O/c1-4-12-20-17-8-6-16(7-9-17)19-11-10-15(18-5-2)13-14(19)3/h6-9,14-15,18H,4-5,10-13H2,1-3H3. The summed E-state index contributed by atoms with van der Waals surface area (Å²) in [5.41, 5.74) is 1.32. The van der Waals surface area contributed by atoms with Crippen LogP contribution in [-0.2, 0) is 0 Å². The Hall–Kier alpha value is -1.22. The molecule has 2 unspecified atom stereocenters. The van der Waals surface area contributed by atoms with Gasteiger partial charge in [0.15, 0.2) is 0 Å². The van der Waals surface area contributed by atoms with Crippen LogP contribution in [0.15, 0.2) is 24.3 Å². The minimum atomic E-state index is 0.593. The van der Waals surface area contributed by atoms with Crippen molar-refractivity contribution in [1.29, 1.82) is 0 Å². The topological polar surface area (TPSA) is 24.5 Å². The van der Waals surface area contributed by atoms with Crippen LogP contribution in [0.25, 0.3) is 0 Å². The summed E-state index contributed by atoms with van der Waals surface area (Å²) in [4.78, 5) is 2.51. The molecule has 0 aromatic heterocycles. The van der Waals surface area contributed by atoms with E-state index in [9.17, 15) is 0 Å². The summed E-state index contributed by atoms with van der Waals surface area (Å²) in [6.07, 6.45) is 3.50. The number of rotatable bonds is 6. The van der Waals surface area contributed by atoms with Gasteiger partial charge in [0.25, 0.3) is 0 Å². The molecule has 1 N–H and O–H groups in total. The Morgan fingerprint density at radius 2 is 2.00 bits per heavy atom. The minimum absolute atomic E-state index is 0.593. The second kappa shape index (κ2) is 7.53. The molecule has 2 atom stereocenters. The SMILES string of the molecule is CCCOc1ccc(N2CCC(NCC)CC2C)cc1. The van der Waals surface area contributed by atoms with E-state index < -0.39 is 0 Å². The third-order valence-electron chi connectivity index (χ3n) is 4.01. The van der Waals surface area contributed by atoms with Gasteiger partial charge in [-0.2, -0.15) is 0 Å². The van der Waals surface area contributed by atoms with Gasteiger partial charge in [-0.25, -0.2) is 0 Å². The smallest absolute Gasteiger partial charge is 0.119 e. The molecule has 0 bridgehead atoms. The quantitative estimate of drug-likeness (QED) is 0.861. The van der Waals surface area contributed by atoms with Crippen molar-refractivity contribution in [2.24, 2.45) is 0 Å². The highest BCUT2D eigenvalue weighted by Crippen LogP contribution is 2.26. The van der Waals surface area contributed by atoms with Crippen molar-refractivity contribution in [3.05, 3.63) is 24.3 Å². The summed E-state index contributed by atoms with van der Waals surface area (Å²) < 4.78 is 5.64. The van der Waals surface area contributed by atoms with Crippen molar-refractivity contribution >= 4 is 5.69 Å². The van der Waals surface area contributed by atoms with E-state index in [1.165, 1.54) is 18.5 Å². The van der Waals surface area contributed by atoms with Crippen LogP contribution in [0.5, 0.6) is 5.75 Å². The average Bonchev–Trinajstić information content (AvgIpc) is 2.46. The molecule has 1 heterocycles. The fourth-order valence-electron chi connectivity index (χ4n) is 2.98. The predicted molar refractivity (Wildman–Crippen MR) is 85.7 cm³/mol. The predicted octanol–water partition coefficient (Wildman–Crippen LogP) is 3.44. The fourth-order valence-corrected chi connectivity index (χ4v) is 2.98. The van der Waals surface area contributed by atoms with Crippen LogP contribution in [0.2, 0.25) is 0 Å². The Kier molecular flexibility index (Phi) is 5.72. The lowest BCUT2D eigenvalue weighted by atomic mass is 9.97. The highest BCUT2D eigenvalue weighted by Gasteiger charge is 2.24. The van der Waals surface area contributed by atoms with Crippen molar-refractivity contribution < 1.29 is 4.74 Å². The molecule has 0 saturated carbocycles. The normalized spacial score (nSPS) is 22.9. The maximum atomic E-state index is 5.64. The van der Waals surface area contributed by atoms with Gasteiger partial charge in [0, 0.05) is 24.3 Å². The minimum Gasteiger partial charge on any atom is -0.494 e.